The van der Waals surface area contributed by atoms with Crippen molar-refractivity contribution >= 4 is 28.2 Å². The predicted octanol–water partition coefficient (Wildman–Crippen LogP) is 1.24. The highest BCUT2D eigenvalue weighted by Crippen LogP contribution is 2.41. The minimum Gasteiger partial charge on any atom is -0.458 e. The lowest BCUT2D eigenvalue weighted by atomic mass is 9.86. The third-order valence-corrected chi connectivity index (χ3v) is 5.79. The maximum Gasteiger partial charge on any atom is 0.343 e. The number of aromatic nitrogens is 2. The topological polar surface area (TPSA) is 133 Å². The van der Waals surface area contributed by atoms with Crippen LogP contribution in [0.5, 0.6) is 0 Å². The molecule has 0 spiro atoms. The van der Waals surface area contributed by atoms with Crippen molar-refractivity contribution in [2.75, 3.05) is 11.5 Å². The minimum atomic E-state index is -1.85. The quantitative estimate of drug-likeness (QED) is 0.335. The van der Waals surface area contributed by atoms with Crippen molar-refractivity contribution in [3.63, 3.8) is 0 Å². The first kappa shape index (κ1) is 16.8. The van der Waals surface area contributed by atoms with Crippen LogP contribution in [-0.2, 0) is 28.3 Å². The van der Waals surface area contributed by atoms with Crippen molar-refractivity contribution in [3.8, 4) is 11.4 Å². The van der Waals surface area contributed by atoms with Crippen LogP contribution in [-0.4, -0.2) is 20.6 Å². The summed E-state index contributed by atoms with van der Waals surface area (Å²) in [6.07, 6.45) is 0.0956. The predicted molar refractivity (Wildman–Crippen MR) is 103 cm³/mol. The van der Waals surface area contributed by atoms with Gasteiger partial charge in [0.1, 0.15) is 6.61 Å². The fourth-order valence-corrected chi connectivity index (χ4v) is 4.19. The second-order valence-electron chi connectivity index (χ2n) is 7.20. The fraction of sp³-hybridized carbons (Fsp3) is 0.250. The van der Waals surface area contributed by atoms with Crippen LogP contribution in [0.1, 0.15) is 30.0 Å². The number of carbonyl (C=O) groups excluding carboxylic acids is 1. The molecule has 4 heterocycles. The number of carbonyl (C=O) groups is 1. The van der Waals surface area contributed by atoms with Crippen LogP contribution in [0.3, 0.4) is 0 Å². The van der Waals surface area contributed by atoms with Gasteiger partial charge in [0.2, 0.25) is 0 Å². The van der Waals surface area contributed by atoms with E-state index in [-0.39, 0.29) is 36.3 Å². The van der Waals surface area contributed by atoms with Gasteiger partial charge in [-0.3, -0.25) is 4.79 Å². The van der Waals surface area contributed by atoms with Gasteiger partial charge in [-0.25, -0.2) is 9.78 Å². The lowest BCUT2D eigenvalue weighted by Gasteiger charge is -2.31. The summed E-state index contributed by atoms with van der Waals surface area (Å²) < 4.78 is 6.62. The normalized spacial score (nSPS) is 19.9. The summed E-state index contributed by atoms with van der Waals surface area (Å²) in [7, 11) is 0. The summed E-state index contributed by atoms with van der Waals surface area (Å²) in [6.45, 7) is 1.75. The summed E-state index contributed by atoms with van der Waals surface area (Å²) in [5, 5.41) is 11.5. The summed E-state index contributed by atoms with van der Waals surface area (Å²) >= 11 is 0. The summed E-state index contributed by atoms with van der Waals surface area (Å²) in [4.78, 5) is 30.0. The van der Waals surface area contributed by atoms with Crippen LogP contribution in [0.25, 0.3) is 22.3 Å². The molecule has 0 amide bonds. The summed E-state index contributed by atoms with van der Waals surface area (Å²) in [5.41, 5.74) is 14.3. The first-order valence-corrected chi connectivity index (χ1v) is 9.00. The molecule has 0 saturated carbocycles. The van der Waals surface area contributed by atoms with Gasteiger partial charge in [-0.1, -0.05) is 13.0 Å². The molecule has 0 radical (unpaired) electrons. The number of anilines is 2. The average molecular weight is 378 g/mol. The highest BCUT2D eigenvalue weighted by molar-refractivity contribution is 6.03. The van der Waals surface area contributed by atoms with Gasteiger partial charge in [-0.2, -0.15) is 0 Å². The number of pyridine rings is 2. The van der Waals surface area contributed by atoms with E-state index in [2.05, 4.69) is 4.98 Å². The Morgan fingerprint density at radius 3 is 2.82 bits per heavy atom. The van der Waals surface area contributed by atoms with E-state index in [9.17, 15) is 14.7 Å². The monoisotopic (exact) mass is 378 g/mol. The van der Waals surface area contributed by atoms with Crippen LogP contribution >= 0.6 is 0 Å². The SMILES string of the molecule is CC[C@@]1(O)C(=O)OCc2c1cc1n(c2=O)Cc2c-1nc1cccc(N)c1c2N. The molecule has 0 aliphatic carbocycles. The van der Waals surface area contributed by atoms with E-state index in [0.29, 0.717) is 39.2 Å². The fourth-order valence-electron chi connectivity index (χ4n) is 4.19. The number of benzene rings is 1. The molecule has 0 fully saturated rings. The second kappa shape index (κ2) is 5.32. The number of aliphatic hydroxyl groups is 1. The molecule has 28 heavy (non-hydrogen) atoms. The largest absolute Gasteiger partial charge is 0.458 e. The van der Waals surface area contributed by atoms with E-state index >= 15 is 0 Å². The van der Waals surface area contributed by atoms with Crippen LogP contribution in [0.15, 0.2) is 29.1 Å². The molecule has 5 N–H and O–H groups in total. The molecule has 2 aliphatic heterocycles. The minimum absolute atomic E-state index is 0.0956. The number of cyclic esters (lactones) is 1. The third kappa shape index (κ3) is 1.90. The molecular weight excluding hydrogens is 360 g/mol. The van der Waals surface area contributed by atoms with Crippen molar-refractivity contribution < 1.29 is 14.6 Å². The van der Waals surface area contributed by atoms with Crippen molar-refractivity contribution in [1.82, 2.24) is 9.55 Å². The Hall–Kier alpha value is -3.39. The number of hydrogen-bond acceptors (Lipinski definition) is 7. The first-order valence-electron chi connectivity index (χ1n) is 9.00. The van der Waals surface area contributed by atoms with Crippen LogP contribution in [0.2, 0.25) is 0 Å². The average Bonchev–Trinajstić information content (AvgIpc) is 3.05. The molecule has 2 aromatic heterocycles. The van der Waals surface area contributed by atoms with E-state index in [1.165, 1.54) is 0 Å². The Labute approximate surface area is 159 Å². The molecule has 2 aliphatic rings. The van der Waals surface area contributed by atoms with E-state index in [1.54, 1.807) is 35.8 Å². The van der Waals surface area contributed by atoms with Gasteiger partial charge in [-0.15, -0.1) is 0 Å². The first-order chi connectivity index (χ1) is 13.4. The Morgan fingerprint density at radius 2 is 2.07 bits per heavy atom. The van der Waals surface area contributed by atoms with Gasteiger partial charge < -0.3 is 25.9 Å². The molecule has 8 nitrogen and oxygen atoms in total. The molecule has 3 aromatic rings. The molecular formula is C20H18N4O4. The van der Waals surface area contributed by atoms with Gasteiger partial charge >= 0.3 is 5.97 Å². The third-order valence-electron chi connectivity index (χ3n) is 5.79. The molecule has 1 aromatic carbocycles. The molecule has 8 heteroatoms. The Bertz CT molecular complexity index is 1260. The van der Waals surface area contributed by atoms with Crippen molar-refractivity contribution in [2.45, 2.75) is 32.1 Å². The number of hydrogen-bond donors (Lipinski definition) is 3. The molecule has 0 saturated heterocycles. The number of nitrogen functional groups attached to an aromatic ring is 2. The van der Waals surface area contributed by atoms with Crippen molar-refractivity contribution in [3.05, 3.63) is 51.3 Å². The summed E-state index contributed by atoms with van der Waals surface area (Å²) in [5.74, 6) is -0.746. The van der Waals surface area contributed by atoms with E-state index in [1.807, 2.05) is 0 Å². The zero-order valence-corrected chi connectivity index (χ0v) is 15.2. The van der Waals surface area contributed by atoms with Crippen LogP contribution in [0.4, 0.5) is 11.4 Å². The highest BCUT2D eigenvalue weighted by Gasteiger charge is 2.45. The van der Waals surface area contributed by atoms with Gasteiger partial charge in [-0.05, 0) is 24.6 Å². The number of nitrogens with two attached hydrogens (primary N) is 2. The van der Waals surface area contributed by atoms with Crippen molar-refractivity contribution in [1.29, 1.82) is 0 Å². The number of nitrogens with zero attached hydrogens (tertiary/aromatic N) is 2. The molecule has 0 unspecified atom stereocenters. The van der Waals surface area contributed by atoms with Gasteiger partial charge in [0.05, 0.1) is 34.7 Å². The van der Waals surface area contributed by atoms with E-state index in [0.717, 1.165) is 0 Å². The number of ether oxygens (including phenoxy) is 1. The Morgan fingerprint density at radius 1 is 1.29 bits per heavy atom. The Balaban J connectivity index is 1.85. The Kier molecular flexibility index (Phi) is 3.19. The zero-order chi connectivity index (χ0) is 19.8. The number of rotatable bonds is 1. The highest BCUT2D eigenvalue weighted by atomic mass is 16.6. The second-order valence-corrected chi connectivity index (χ2v) is 7.20. The lowest BCUT2D eigenvalue weighted by molar-refractivity contribution is -0.172. The molecule has 1 atom stereocenters. The molecule has 142 valence electrons. The van der Waals surface area contributed by atoms with E-state index < -0.39 is 11.6 Å². The van der Waals surface area contributed by atoms with Gasteiger partial charge in [0.25, 0.3) is 5.56 Å². The van der Waals surface area contributed by atoms with Gasteiger partial charge in [0.15, 0.2) is 5.60 Å². The zero-order valence-electron chi connectivity index (χ0n) is 15.2. The van der Waals surface area contributed by atoms with Crippen molar-refractivity contribution in [2.24, 2.45) is 0 Å². The molecule has 5 rings (SSSR count). The van der Waals surface area contributed by atoms with Crippen LogP contribution in [0, 0.1) is 0 Å². The number of fused-ring (bicyclic) bond motifs is 5. The maximum absolute atomic E-state index is 13.1. The van der Waals surface area contributed by atoms with Crippen LogP contribution < -0.4 is 17.0 Å². The number of esters is 1. The smallest absolute Gasteiger partial charge is 0.343 e. The molecule has 0 bridgehead atoms. The maximum atomic E-state index is 13.1. The lowest BCUT2D eigenvalue weighted by Crippen LogP contribution is -2.44. The standard InChI is InChI=1S/C20H18N4O4/c1-2-20(27)11-6-14-17-9(7-24(14)18(25)10(11)8-28-19(20)26)16(22)15-12(21)4-3-5-13(15)23-17/h3-6,27H,2,7-8,21H2,1H3,(H2,22,23)/t20-/m0/s1. The summed E-state index contributed by atoms with van der Waals surface area (Å²) in [6, 6.07) is 7.01. The van der Waals surface area contributed by atoms with E-state index in [4.69, 9.17) is 16.2 Å². The van der Waals surface area contributed by atoms with Gasteiger partial charge in [0, 0.05) is 22.2 Å².